The Morgan fingerprint density at radius 3 is 2.31 bits per heavy atom. The molecule has 1 fully saturated rings. The van der Waals surface area contributed by atoms with E-state index in [1.165, 1.54) is 0 Å². The summed E-state index contributed by atoms with van der Waals surface area (Å²) in [6, 6.07) is 13.0. The molecule has 7 heteroatoms. The summed E-state index contributed by atoms with van der Waals surface area (Å²) in [5.41, 5.74) is 2.86. The monoisotopic (exact) mass is 428 g/mol. The van der Waals surface area contributed by atoms with Crippen molar-refractivity contribution in [1.82, 2.24) is 9.29 Å². The lowest BCUT2D eigenvalue weighted by Crippen LogP contribution is -2.31. The number of aldehydes is 1. The highest BCUT2D eigenvalue weighted by atomic mass is 32.2. The van der Waals surface area contributed by atoms with E-state index in [4.69, 9.17) is 0 Å². The van der Waals surface area contributed by atoms with Crippen LogP contribution in [0.2, 0.25) is 0 Å². The number of aromatic nitrogens is 1. The van der Waals surface area contributed by atoms with E-state index >= 15 is 0 Å². The Morgan fingerprint density at radius 1 is 1.00 bits per heavy atom. The van der Waals surface area contributed by atoms with Crippen molar-refractivity contribution in [1.29, 1.82) is 0 Å². The van der Waals surface area contributed by atoms with Crippen LogP contribution in [0.15, 0.2) is 52.3 Å². The Morgan fingerprint density at radius 2 is 1.69 bits per heavy atom. The molecule has 0 aliphatic carbocycles. The maximum atomic E-state index is 13.2. The quantitative estimate of drug-likeness (QED) is 0.462. The minimum atomic E-state index is -3.57. The molecule has 1 aromatic heterocycles. The molecule has 152 valence electrons. The van der Waals surface area contributed by atoms with E-state index in [-0.39, 0.29) is 4.90 Å². The fraction of sp³-hybridized carbons (Fsp3) is 0.318. The number of aromatic amines is 1. The molecule has 0 saturated carbocycles. The van der Waals surface area contributed by atoms with Gasteiger partial charge in [0, 0.05) is 34.5 Å². The normalized spacial score (nSPS) is 16.0. The zero-order valence-corrected chi connectivity index (χ0v) is 18.0. The van der Waals surface area contributed by atoms with Gasteiger partial charge in [-0.2, -0.15) is 4.31 Å². The molecule has 0 bridgehead atoms. The summed E-state index contributed by atoms with van der Waals surface area (Å²) in [7, 11) is -3.57. The standard InChI is InChI=1S/C22H24N2O3S2/c1-28-17-8-6-16(7-9-17)22-20(15-25)19-14-18(10-11-21(19)23-22)29(26,27)24-12-4-2-3-5-13-24/h6-11,14-15,23H,2-5,12-13H2,1H3. The van der Waals surface area contributed by atoms with E-state index in [2.05, 4.69) is 4.98 Å². The number of carbonyl (C=O) groups is 1. The summed E-state index contributed by atoms with van der Waals surface area (Å²) in [6.45, 7) is 1.11. The topological polar surface area (TPSA) is 70.2 Å². The third kappa shape index (κ3) is 3.86. The van der Waals surface area contributed by atoms with E-state index in [1.807, 2.05) is 30.5 Å². The van der Waals surface area contributed by atoms with E-state index in [1.54, 1.807) is 34.3 Å². The summed E-state index contributed by atoms with van der Waals surface area (Å²) in [5.74, 6) is 0. The first-order valence-corrected chi connectivity index (χ1v) is 12.5. The van der Waals surface area contributed by atoms with Crippen LogP contribution < -0.4 is 0 Å². The average Bonchev–Trinajstić information content (AvgIpc) is 2.90. The Kier molecular flexibility index (Phi) is 5.81. The summed E-state index contributed by atoms with van der Waals surface area (Å²) >= 11 is 1.66. The van der Waals surface area contributed by atoms with Crippen molar-refractivity contribution in [3.63, 3.8) is 0 Å². The molecule has 5 nitrogen and oxygen atoms in total. The van der Waals surface area contributed by atoms with Crippen LogP contribution in [0, 0.1) is 0 Å². The van der Waals surface area contributed by atoms with Crippen LogP contribution in [-0.4, -0.2) is 43.3 Å². The minimum Gasteiger partial charge on any atom is -0.354 e. The number of sulfonamides is 1. The third-order valence-corrected chi connectivity index (χ3v) is 8.15. The second-order valence-electron chi connectivity index (χ2n) is 7.29. The number of thioether (sulfide) groups is 1. The van der Waals surface area contributed by atoms with Gasteiger partial charge in [0.05, 0.1) is 10.6 Å². The number of fused-ring (bicyclic) bond motifs is 1. The number of benzene rings is 2. The van der Waals surface area contributed by atoms with Crippen molar-refractivity contribution in [2.24, 2.45) is 0 Å². The summed E-state index contributed by atoms with van der Waals surface area (Å²) in [6.07, 6.45) is 6.73. The van der Waals surface area contributed by atoms with Crippen molar-refractivity contribution in [2.45, 2.75) is 35.5 Å². The predicted molar refractivity (Wildman–Crippen MR) is 118 cm³/mol. The molecule has 29 heavy (non-hydrogen) atoms. The first-order valence-electron chi connectivity index (χ1n) is 9.80. The fourth-order valence-corrected chi connectivity index (χ4v) is 5.84. The molecular formula is C22H24N2O3S2. The Bertz CT molecular complexity index is 1130. The zero-order chi connectivity index (χ0) is 20.4. The van der Waals surface area contributed by atoms with Gasteiger partial charge in [0.2, 0.25) is 10.0 Å². The SMILES string of the molecule is CSc1ccc(-c2[nH]c3ccc(S(=O)(=O)N4CCCCCC4)cc3c2C=O)cc1. The molecule has 0 unspecified atom stereocenters. The van der Waals surface area contributed by atoms with Crippen molar-refractivity contribution in [2.75, 3.05) is 19.3 Å². The summed E-state index contributed by atoms with van der Waals surface area (Å²) < 4.78 is 27.9. The molecule has 4 rings (SSSR count). The number of H-pyrrole nitrogens is 1. The van der Waals surface area contributed by atoms with E-state index < -0.39 is 10.0 Å². The number of hydrogen-bond donors (Lipinski definition) is 1. The van der Waals surface area contributed by atoms with Gasteiger partial charge in [-0.05, 0) is 55.0 Å². The molecular weight excluding hydrogens is 404 g/mol. The molecule has 2 heterocycles. The lowest BCUT2D eigenvalue weighted by atomic mass is 10.1. The molecule has 1 aliphatic rings. The molecule has 2 aromatic carbocycles. The van der Waals surface area contributed by atoms with E-state index in [0.29, 0.717) is 29.7 Å². The van der Waals surface area contributed by atoms with Gasteiger partial charge in [-0.3, -0.25) is 4.79 Å². The van der Waals surface area contributed by atoms with Crippen molar-refractivity contribution in [3.05, 3.63) is 48.0 Å². The second kappa shape index (κ2) is 8.34. The third-order valence-electron chi connectivity index (χ3n) is 5.51. The Balaban J connectivity index is 1.78. The van der Waals surface area contributed by atoms with Crippen molar-refractivity contribution >= 4 is 39.0 Å². The maximum absolute atomic E-state index is 13.2. The molecule has 3 aromatic rings. The van der Waals surface area contributed by atoms with Crippen LogP contribution >= 0.6 is 11.8 Å². The maximum Gasteiger partial charge on any atom is 0.243 e. The lowest BCUT2D eigenvalue weighted by molar-refractivity contribution is 0.112. The first kappa shape index (κ1) is 20.2. The first-order chi connectivity index (χ1) is 14.0. The van der Waals surface area contributed by atoms with Gasteiger partial charge in [0.15, 0.2) is 6.29 Å². The number of hydrogen-bond acceptors (Lipinski definition) is 4. The van der Waals surface area contributed by atoms with Gasteiger partial charge in [-0.15, -0.1) is 11.8 Å². The Hall–Kier alpha value is -2.09. The van der Waals surface area contributed by atoms with Gasteiger partial charge in [-0.25, -0.2) is 8.42 Å². The van der Waals surface area contributed by atoms with Crippen molar-refractivity contribution < 1.29 is 13.2 Å². The highest BCUT2D eigenvalue weighted by Gasteiger charge is 2.26. The minimum absolute atomic E-state index is 0.248. The van der Waals surface area contributed by atoms with Crippen LogP contribution in [0.4, 0.5) is 0 Å². The molecule has 1 saturated heterocycles. The van der Waals surface area contributed by atoms with Gasteiger partial charge < -0.3 is 4.98 Å². The lowest BCUT2D eigenvalue weighted by Gasteiger charge is -2.20. The molecule has 0 amide bonds. The average molecular weight is 429 g/mol. The van der Waals surface area contributed by atoms with Gasteiger partial charge in [0.25, 0.3) is 0 Å². The van der Waals surface area contributed by atoms with Gasteiger partial charge in [0.1, 0.15) is 0 Å². The molecule has 1 N–H and O–H groups in total. The largest absolute Gasteiger partial charge is 0.354 e. The number of nitrogens with one attached hydrogen (secondary N) is 1. The van der Waals surface area contributed by atoms with Crippen LogP contribution in [-0.2, 0) is 10.0 Å². The van der Waals surface area contributed by atoms with Crippen LogP contribution in [0.5, 0.6) is 0 Å². The number of carbonyl (C=O) groups excluding carboxylic acids is 1. The van der Waals surface area contributed by atoms with Crippen LogP contribution in [0.25, 0.3) is 22.2 Å². The van der Waals surface area contributed by atoms with Crippen LogP contribution in [0.3, 0.4) is 0 Å². The van der Waals surface area contributed by atoms with E-state index in [0.717, 1.165) is 47.9 Å². The highest BCUT2D eigenvalue weighted by molar-refractivity contribution is 7.98. The van der Waals surface area contributed by atoms with Crippen LogP contribution in [0.1, 0.15) is 36.0 Å². The second-order valence-corrected chi connectivity index (χ2v) is 10.1. The van der Waals surface area contributed by atoms with Crippen molar-refractivity contribution in [3.8, 4) is 11.3 Å². The zero-order valence-electron chi connectivity index (χ0n) is 16.3. The molecule has 0 atom stereocenters. The van der Waals surface area contributed by atoms with Gasteiger partial charge >= 0.3 is 0 Å². The number of nitrogens with zero attached hydrogens (tertiary/aromatic N) is 1. The smallest absolute Gasteiger partial charge is 0.243 e. The fourth-order valence-electron chi connectivity index (χ4n) is 3.89. The predicted octanol–water partition coefficient (Wildman–Crippen LogP) is 4.93. The molecule has 0 spiro atoms. The molecule has 1 aliphatic heterocycles. The summed E-state index contributed by atoms with van der Waals surface area (Å²) in [5, 5.41) is 0.639. The highest BCUT2D eigenvalue weighted by Crippen LogP contribution is 2.32. The summed E-state index contributed by atoms with van der Waals surface area (Å²) in [4.78, 5) is 16.6. The van der Waals surface area contributed by atoms with E-state index in [9.17, 15) is 13.2 Å². The Labute approximate surface area is 175 Å². The molecule has 0 radical (unpaired) electrons. The van der Waals surface area contributed by atoms with Gasteiger partial charge in [-0.1, -0.05) is 25.0 Å². The number of rotatable bonds is 5.